The third-order valence-electron chi connectivity index (χ3n) is 5.14. The van der Waals surface area contributed by atoms with Crippen LogP contribution in [0.3, 0.4) is 0 Å². The molecule has 0 spiro atoms. The standard InChI is InChI=1S/C22H28N4O3S/c1-2-14-30(28,29)25-19-10-11-20-18(15-19)4-3-13-26(20)21(27)12-7-16-5-8-17(9-6-16)22(23)24/h5-6,8-11,15,25H,2-4,7,12-14H2,1H3,(H3,23,24). The van der Waals surface area contributed by atoms with Gasteiger partial charge in [0.25, 0.3) is 0 Å². The van der Waals surface area contributed by atoms with E-state index in [1.165, 1.54) is 0 Å². The Kier molecular flexibility index (Phi) is 6.77. The largest absolute Gasteiger partial charge is 0.384 e. The first-order valence-electron chi connectivity index (χ1n) is 10.2. The van der Waals surface area contributed by atoms with Gasteiger partial charge in [0.05, 0.1) is 5.75 Å². The fraction of sp³-hybridized carbons (Fsp3) is 0.364. The summed E-state index contributed by atoms with van der Waals surface area (Å²) >= 11 is 0. The third kappa shape index (κ3) is 5.38. The maximum absolute atomic E-state index is 12.9. The number of nitrogen functional groups attached to an aromatic ring is 1. The van der Waals surface area contributed by atoms with Crippen LogP contribution in [-0.2, 0) is 27.7 Å². The number of amidine groups is 1. The molecule has 8 heteroatoms. The number of anilines is 2. The lowest BCUT2D eigenvalue weighted by molar-refractivity contribution is -0.118. The van der Waals surface area contributed by atoms with Crippen molar-refractivity contribution < 1.29 is 13.2 Å². The number of carbonyl (C=O) groups excluding carboxylic acids is 1. The fourth-order valence-corrected chi connectivity index (χ4v) is 4.78. The minimum Gasteiger partial charge on any atom is -0.384 e. The summed E-state index contributed by atoms with van der Waals surface area (Å²) in [5, 5.41) is 7.44. The average molecular weight is 429 g/mol. The van der Waals surface area contributed by atoms with Crippen molar-refractivity contribution in [3.63, 3.8) is 0 Å². The Bertz CT molecular complexity index is 1030. The van der Waals surface area contributed by atoms with Gasteiger partial charge >= 0.3 is 0 Å². The molecule has 0 saturated carbocycles. The van der Waals surface area contributed by atoms with E-state index in [1.54, 1.807) is 23.1 Å². The van der Waals surface area contributed by atoms with E-state index in [9.17, 15) is 13.2 Å². The number of nitrogens with one attached hydrogen (secondary N) is 2. The lowest BCUT2D eigenvalue weighted by atomic mass is 10.00. The minimum absolute atomic E-state index is 0.0268. The van der Waals surface area contributed by atoms with Gasteiger partial charge in [0.1, 0.15) is 5.84 Å². The van der Waals surface area contributed by atoms with Crippen LogP contribution in [0.2, 0.25) is 0 Å². The van der Waals surface area contributed by atoms with Gasteiger partial charge in [-0.2, -0.15) is 0 Å². The summed E-state index contributed by atoms with van der Waals surface area (Å²) in [6.45, 7) is 2.49. The second-order valence-electron chi connectivity index (χ2n) is 7.52. The Hall–Kier alpha value is -2.87. The Balaban J connectivity index is 1.68. The van der Waals surface area contributed by atoms with Gasteiger partial charge in [0.2, 0.25) is 15.9 Å². The SMILES string of the molecule is CCCS(=O)(=O)Nc1ccc2c(c1)CCCN2C(=O)CCc1ccc(C(=N)N)cc1. The molecule has 1 amide bonds. The molecule has 0 bridgehead atoms. The van der Waals surface area contributed by atoms with Crippen molar-refractivity contribution >= 4 is 33.1 Å². The van der Waals surface area contributed by atoms with Crippen LogP contribution in [0.25, 0.3) is 0 Å². The van der Waals surface area contributed by atoms with Crippen LogP contribution in [0.1, 0.15) is 42.9 Å². The number of amides is 1. The minimum atomic E-state index is -3.34. The third-order valence-corrected chi connectivity index (χ3v) is 6.63. The molecule has 0 aliphatic carbocycles. The molecule has 0 unspecified atom stereocenters. The number of rotatable bonds is 8. The van der Waals surface area contributed by atoms with Crippen LogP contribution >= 0.6 is 0 Å². The van der Waals surface area contributed by atoms with E-state index in [-0.39, 0.29) is 17.5 Å². The second kappa shape index (κ2) is 9.30. The average Bonchev–Trinajstić information content (AvgIpc) is 2.71. The maximum atomic E-state index is 12.9. The van der Waals surface area contributed by atoms with Gasteiger partial charge in [-0.25, -0.2) is 8.42 Å². The van der Waals surface area contributed by atoms with Gasteiger partial charge in [0.15, 0.2) is 0 Å². The number of benzene rings is 2. The number of aryl methyl sites for hydroxylation is 2. The zero-order valence-electron chi connectivity index (χ0n) is 17.1. The van der Waals surface area contributed by atoms with Gasteiger partial charge < -0.3 is 10.6 Å². The molecule has 2 aromatic carbocycles. The Morgan fingerprint density at radius 2 is 1.93 bits per heavy atom. The van der Waals surface area contributed by atoms with Gasteiger partial charge in [0, 0.05) is 29.9 Å². The van der Waals surface area contributed by atoms with Crippen LogP contribution in [0.4, 0.5) is 11.4 Å². The van der Waals surface area contributed by atoms with Crippen LogP contribution in [0.15, 0.2) is 42.5 Å². The summed E-state index contributed by atoms with van der Waals surface area (Å²) in [6, 6.07) is 12.8. The Morgan fingerprint density at radius 1 is 1.20 bits per heavy atom. The zero-order valence-corrected chi connectivity index (χ0v) is 18.0. The predicted molar refractivity (Wildman–Crippen MR) is 121 cm³/mol. The van der Waals surface area contributed by atoms with E-state index in [4.69, 9.17) is 11.1 Å². The summed E-state index contributed by atoms with van der Waals surface area (Å²) in [5.74, 6) is 0.159. The molecule has 1 aliphatic rings. The van der Waals surface area contributed by atoms with Crippen molar-refractivity contribution in [3.8, 4) is 0 Å². The number of hydrogen-bond donors (Lipinski definition) is 3. The summed E-state index contributed by atoms with van der Waals surface area (Å²) in [7, 11) is -3.34. The highest BCUT2D eigenvalue weighted by Gasteiger charge is 2.23. The first-order valence-corrected chi connectivity index (χ1v) is 11.8. The fourth-order valence-electron chi connectivity index (χ4n) is 3.66. The lowest BCUT2D eigenvalue weighted by Crippen LogP contribution is -2.35. The molecule has 2 aromatic rings. The molecule has 30 heavy (non-hydrogen) atoms. The molecule has 0 saturated heterocycles. The van der Waals surface area contributed by atoms with Gasteiger partial charge in [-0.3, -0.25) is 14.9 Å². The normalized spacial score (nSPS) is 13.6. The highest BCUT2D eigenvalue weighted by Crippen LogP contribution is 2.30. The highest BCUT2D eigenvalue weighted by atomic mass is 32.2. The van der Waals surface area contributed by atoms with Crippen molar-refractivity contribution in [1.82, 2.24) is 0 Å². The number of carbonyl (C=O) groups is 1. The molecule has 1 aliphatic heterocycles. The monoisotopic (exact) mass is 428 g/mol. The van der Waals surface area contributed by atoms with Gasteiger partial charge in [-0.05, 0) is 55.0 Å². The topological polar surface area (TPSA) is 116 Å². The second-order valence-corrected chi connectivity index (χ2v) is 9.37. The maximum Gasteiger partial charge on any atom is 0.232 e. The van der Waals surface area contributed by atoms with Crippen LogP contribution in [0, 0.1) is 5.41 Å². The lowest BCUT2D eigenvalue weighted by Gasteiger charge is -2.30. The Labute approximate surface area is 177 Å². The first kappa shape index (κ1) is 21.8. The van der Waals surface area contributed by atoms with Crippen molar-refractivity contribution in [1.29, 1.82) is 5.41 Å². The summed E-state index contributed by atoms with van der Waals surface area (Å²) in [5.41, 5.74) is 9.54. The smallest absolute Gasteiger partial charge is 0.232 e. The van der Waals surface area contributed by atoms with Crippen LogP contribution in [-0.4, -0.2) is 32.5 Å². The molecule has 1 heterocycles. The van der Waals surface area contributed by atoms with Crippen LogP contribution in [0.5, 0.6) is 0 Å². The van der Waals surface area contributed by atoms with Gasteiger partial charge in [-0.15, -0.1) is 0 Å². The molecule has 4 N–H and O–H groups in total. The van der Waals surface area contributed by atoms with E-state index in [0.717, 1.165) is 29.7 Å². The summed E-state index contributed by atoms with van der Waals surface area (Å²) in [6.07, 6.45) is 3.20. The molecule has 0 radical (unpaired) electrons. The van der Waals surface area contributed by atoms with Crippen molar-refractivity contribution in [2.45, 2.75) is 39.0 Å². The number of nitrogens with zero attached hydrogens (tertiary/aromatic N) is 1. The molecular formula is C22H28N4O3S. The first-order chi connectivity index (χ1) is 14.3. The Morgan fingerprint density at radius 3 is 2.60 bits per heavy atom. The molecule has 7 nitrogen and oxygen atoms in total. The van der Waals surface area contributed by atoms with Crippen LogP contribution < -0.4 is 15.4 Å². The van der Waals surface area contributed by atoms with Gasteiger partial charge in [-0.1, -0.05) is 31.2 Å². The van der Waals surface area contributed by atoms with E-state index in [1.807, 2.05) is 31.2 Å². The van der Waals surface area contributed by atoms with Crippen molar-refractivity contribution in [3.05, 3.63) is 59.2 Å². The zero-order chi connectivity index (χ0) is 21.7. The molecule has 3 rings (SSSR count). The van der Waals surface area contributed by atoms with E-state index >= 15 is 0 Å². The molecule has 0 atom stereocenters. The number of hydrogen-bond acceptors (Lipinski definition) is 4. The van der Waals surface area contributed by atoms with E-state index in [0.29, 0.717) is 37.1 Å². The summed E-state index contributed by atoms with van der Waals surface area (Å²) in [4.78, 5) is 14.7. The molecule has 0 aromatic heterocycles. The van der Waals surface area contributed by atoms with E-state index < -0.39 is 10.0 Å². The van der Waals surface area contributed by atoms with E-state index in [2.05, 4.69) is 4.72 Å². The number of nitrogens with two attached hydrogens (primary N) is 1. The molecule has 0 fully saturated rings. The van der Waals surface area contributed by atoms with Crippen molar-refractivity contribution in [2.75, 3.05) is 21.9 Å². The molecule has 160 valence electrons. The predicted octanol–water partition coefficient (Wildman–Crippen LogP) is 3.03. The molecular weight excluding hydrogens is 400 g/mol. The van der Waals surface area contributed by atoms with Crippen molar-refractivity contribution in [2.24, 2.45) is 5.73 Å². The number of sulfonamides is 1. The number of fused-ring (bicyclic) bond motifs is 1. The quantitative estimate of drug-likeness (QED) is 0.442. The highest BCUT2D eigenvalue weighted by molar-refractivity contribution is 7.92. The summed E-state index contributed by atoms with van der Waals surface area (Å²) < 4.78 is 26.7.